The molecule has 22 heavy (non-hydrogen) atoms. The molecule has 1 atom stereocenters. The van der Waals surface area contributed by atoms with Gasteiger partial charge >= 0.3 is 0 Å². The number of hydrogen-bond donors (Lipinski definition) is 0. The van der Waals surface area contributed by atoms with Gasteiger partial charge in [0.25, 0.3) is 5.91 Å². The highest BCUT2D eigenvalue weighted by atomic mass is 16.2. The van der Waals surface area contributed by atoms with E-state index in [4.69, 9.17) is 0 Å². The second kappa shape index (κ2) is 5.52. The molecule has 0 bridgehead atoms. The molecule has 1 heterocycles. The molecule has 4 rings (SSSR count). The van der Waals surface area contributed by atoms with Crippen LogP contribution in [0.2, 0.25) is 0 Å². The molecule has 2 aromatic rings. The summed E-state index contributed by atoms with van der Waals surface area (Å²) >= 11 is 0. The lowest BCUT2D eigenvalue weighted by molar-refractivity contribution is 0.0631. The van der Waals surface area contributed by atoms with Crippen LogP contribution in [0.1, 0.15) is 53.3 Å². The maximum atomic E-state index is 13.0. The third-order valence-corrected chi connectivity index (χ3v) is 4.63. The summed E-state index contributed by atoms with van der Waals surface area (Å²) in [5, 5.41) is 0. The van der Waals surface area contributed by atoms with Gasteiger partial charge in [-0.1, -0.05) is 24.3 Å². The SMILES string of the molecule is O=C(c1cnccn1)N(C1CC1)C1CCCc2ccccc21. The molecule has 1 fully saturated rings. The average Bonchev–Trinajstić information content (AvgIpc) is 3.41. The largest absolute Gasteiger partial charge is 0.327 e. The predicted octanol–water partition coefficient (Wildman–Crippen LogP) is 3.16. The fraction of sp³-hybridized carbons (Fsp3) is 0.389. The highest BCUT2D eigenvalue weighted by Crippen LogP contribution is 2.41. The number of rotatable bonds is 3. The number of nitrogens with zero attached hydrogens (tertiary/aromatic N) is 3. The molecule has 4 heteroatoms. The Hall–Kier alpha value is -2.23. The lowest BCUT2D eigenvalue weighted by Crippen LogP contribution is -2.38. The van der Waals surface area contributed by atoms with E-state index in [-0.39, 0.29) is 11.9 Å². The zero-order valence-corrected chi connectivity index (χ0v) is 12.5. The Morgan fingerprint density at radius 3 is 2.77 bits per heavy atom. The molecule has 2 aliphatic rings. The highest BCUT2D eigenvalue weighted by molar-refractivity contribution is 5.92. The fourth-order valence-electron chi connectivity index (χ4n) is 3.47. The molecule has 0 N–H and O–H groups in total. The van der Waals surface area contributed by atoms with Gasteiger partial charge in [-0.3, -0.25) is 9.78 Å². The average molecular weight is 293 g/mol. The summed E-state index contributed by atoms with van der Waals surface area (Å²) in [6.07, 6.45) is 10.3. The van der Waals surface area contributed by atoms with Crippen molar-refractivity contribution in [1.29, 1.82) is 0 Å². The topological polar surface area (TPSA) is 46.1 Å². The molecule has 1 amide bonds. The summed E-state index contributed by atoms with van der Waals surface area (Å²) in [6, 6.07) is 9.10. The van der Waals surface area contributed by atoms with Crippen LogP contribution < -0.4 is 0 Å². The number of hydrogen-bond acceptors (Lipinski definition) is 3. The number of carbonyl (C=O) groups is 1. The molecule has 112 valence electrons. The summed E-state index contributed by atoms with van der Waals surface area (Å²) in [5.74, 6) is 0.0253. The van der Waals surface area contributed by atoms with Crippen LogP contribution in [-0.2, 0) is 6.42 Å². The Labute approximate surface area is 130 Å². The Balaban J connectivity index is 1.71. The third-order valence-electron chi connectivity index (χ3n) is 4.63. The predicted molar refractivity (Wildman–Crippen MR) is 83.3 cm³/mol. The van der Waals surface area contributed by atoms with Crippen molar-refractivity contribution >= 4 is 5.91 Å². The van der Waals surface area contributed by atoms with Crippen molar-refractivity contribution in [1.82, 2.24) is 14.9 Å². The molecule has 1 aromatic carbocycles. The number of fused-ring (bicyclic) bond motifs is 1. The van der Waals surface area contributed by atoms with Crippen molar-refractivity contribution in [3.63, 3.8) is 0 Å². The maximum absolute atomic E-state index is 13.0. The van der Waals surface area contributed by atoms with Gasteiger partial charge < -0.3 is 4.90 Å². The van der Waals surface area contributed by atoms with Crippen LogP contribution in [0.4, 0.5) is 0 Å². The van der Waals surface area contributed by atoms with Gasteiger partial charge in [0.1, 0.15) is 5.69 Å². The molecule has 0 radical (unpaired) electrons. The summed E-state index contributed by atoms with van der Waals surface area (Å²) in [4.78, 5) is 23.3. The summed E-state index contributed by atoms with van der Waals surface area (Å²) < 4.78 is 0. The first-order valence-corrected chi connectivity index (χ1v) is 8.01. The summed E-state index contributed by atoms with van der Waals surface area (Å²) in [5.41, 5.74) is 3.16. The maximum Gasteiger partial charge on any atom is 0.274 e. The van der Waals surface area contributed by atoms with Crippen LogP contribution in [0.15, 0.2) is 42.9 Å². The van der Waals surface area contributed by atoms with E-state index in [1.807, 2.05) is 0 Å². The molecule has 1 saturated carbocycles. The van der Waals surface area contributed by atoms with Crippen LogP contribution >= 0.6 is 0 Å². The van der Waals surface area contributed by atoms with Crippen LogP contribution in [0, 0.1) is 0 Å². The van der Waals surface area contributed by atoms with Crippen molar-refractivity contribution in [2.45, 2.75) is 44.2 Å². The second-order valence-corrected chi connectivity index (χ2v) is 6.14. The second-order valence-electron chi connectivity index (χ2n) is 6.14. The van der Waals surface area contributed by atoms with Gasteiger partial charge in [0.15, 0.2) is 0 Å². The summed E-state index contributed by atoms with van der Waals surface area (Å²) in [7, 11) is 0. The van der Waals surface area contributed by atoms with Gasteiger partial charge in [-0.25, -0.2) is 4.98 Å². The molecule has 1 unspecified atom stereocenters. The van der Waals surface area contributed by atoms with Gasteiger partial charge in [-0.15, -0.1) is 0 Å². The number of carbonyl (C=O) groups excluding carboxylic acids is 1. The number of aromatic nitrogens is 2. The van der Waals surface area contributed by atoms with E-state index in [2.05, 4.69) is 39.1 Å². The molecule has 0 saturated heterocycles. The Bertz CT molecular complexity index is 682. The molecular formula is C18H19N3O. The lowest BCUT2D eigenvalue weighted by Gasteiger charge is -2.36. The van der Waals surface area contributed by atoms with Crippen LogP contribution in [0.3, 0.4) is 0 Å². The smallest absolute Gasteiger partial charge is 0.274 e. The zero-order chi connectivity index (χ0) is 14.9. The standard InChI is InChI=1S/C18H19N3O/c22-18(16-12-19-10-11-20-16)21(14-8-9-14)17-7-3-5-13-4-1-2-6-15(13)17/h1-2,4,6,10-12,14,17H,3,5,7-9H2. The van der Waals surface area contributed by atoms with Crippen molar-refractivity contribution in [2.75, 3.05) is 0 Å². The molecule has 0 aliphatic heterocycles. The normalized spacial score (nSPS) is 20.3. The summed E-state index contributed by atoms with van der Waals surface area (Å²) in [6.45, 7) is 0. The number of amides is 1. The first-order chi connectivity index (χ1) is 10.8. The first-order valence-electron chi connectivity index (χ1n) is 8.01. The van der Waals surface area contributed by atoms with Crippen molar-refractivity contribution < 1.29 is 4.79 Å². The van der Waals surface area contributed by atoms with Gasteiger partial charge in [0.05, 0.1) is 12.2 Å². The van der Waals surface area contributed by atoms with E-state index in [1.54, 1.807) is 18.6 Å². The zero-order valence-electron chi connectivity index (χ0n) is 12.5. The van der Waals surface area contributed by atoms with Gasteiger partial charge in [0.2, 0.25) is 0 Å². The third kappa shape index (κ3) is 2.39. The quantitative estimate of drug-likeness (QED) is 0.873. The van der Waals surface area contributed by atoms with E-state index in [9.17, 15) is 4.79 Å². The molecule has 2 aliphatic carbocycles. The van der Waals surface area contributed by atoms with E-state index in [1.165, 1.54) is 11.1 Å². The molecule has 0 spiro atoms. The van der Waals surface area contributed by atoms with Gasteiger partial charge in [-0.2, -0.15) is 0 Å². The van der Waals surface area contributed by atoms with Gasteiger partial charge in [-0.05, 0) is 43.2 Å². The minimum Gasteiger partial charge on any atom is -0.327 e. The van der Waals surface area contributed by atoms with E-state index >= 15 is 0 Å². The molecule has 4 nitrogen and oxygen atoms in total. The number of benzene rings is 1. The minimum absolute atomic E-state index is 0.0253. The fourth-order valence-corrected chi connectivity index (χ4v) is 3.47. The van der Waals surface area contributed by atoms with E-state index < -0.39 is 0 Å². The Kier molecular flexibility index (Phi) is 3.37. The minimum atomic E-state index is 0.0253. The van der Waals surface area contributed by atoms with Crippen molar-refractivity contribution in [2.24, 2.45) is 0 Å². The van der Waals surface area contributed by atoms with E-state index in [0.29, 0.717) is 11.7 Å². The Morgan fingerprint density at radius 2 is 2.00 bits per heavy atom. The van der Waals surface area contributed by atoms with Crippen molar-refractivity contribution in [3.8, 4) is 0 Å². The van der Waals surface area contributed by atoms with Gasteiger partial charge in [0, 0.05) is 18.4 Å². The lowest BCUT2D eigenvalue weighted by atomic mass is 9.86. The monoisotopic (exact) mass is 293 g/mol. The van der Waals surface area contributed by atoms with Crippen LogP contribution in [-0.4, -0.2) is 26.8 Å². The van der Waals surface area contributed by atoms with Crippen LogP contribution in [0.25, 0.3) is 0 Å². The van der Waals surface area contributed by atoms with Crippen molar-refractivity contribution in [3.05, 3.63) is 59.7 Å². The number of aryl methyl sites for hydroxylation is 1. The molecule has 1 aromatic heterocycles. The molecular weight excluding hydrogens is 274 g/mol. The Morgan fingerprint density at radius 1 is 1.14 bits per heavy atom. The van der Waals surface area contributed by atoms with E-state index in [0.717, 1.165) is 32.1 Å². The van der Waals surface area contributed by atoms with Crippen LogP contribution in [0.5, 0.6) is 0 Å². The first kappa shape index (κ1) is 13.4. The highest BCUT2D eigenvalue weighted by Gasteiger charge is 2.40.